The molecular weight excluding hydrogens is 476 g/mol. The molecule has 1 aromatic carbocycles. The zero-order valence-electron chi connectivity index (χ0n) is 23.4. The van der Waals surface area contributed by atoms with Crippen LogP contribution in [0.15, 0.2) is 18.2 Å². The summed E-state index contributed by atoms with van der Waals surface area (Å²) in [5.74, 6) is -1.84. The van der Waals surface area contributed by atoms with Crippen molar-refractivity contribution >= 4 is 23.8 Å². The number of ether oxygens (including phenoxy) is 1. The van der Waals surface area contributed by atoms with E-state index in [9.17, 15) is 24.3 Å². The first-order chi connectivity index (χ1) is 17.0. The molecule has 1 aromatic rings. The lowest BCUT2D eigenvalue weighted by molar-refractivity contribution is -0.149. The number of phenols is 1. The number of aromatic hydroxyl groups is 1. The van der Waals surface area contributed by atoms with E-state index in [1.165, 1.54) is 11.0 Å². The van der Waals surface area contributed by atoms with Crippen LogP contribution in [-0.2, 0) is 19.1 Å². The molecule has 37 heavy (non-hydrogen) atoms. The molecule has 0 saturated heterocycles. The van der Waals surface area contributed by atoms with Gasteiger partial charge in [0.25, 0.3) is 0 Å². The van der Waals surface area contributed by atoms with Crippen LogP contribution in [0.2, 0.25) is 0 Å². The average Bonchev–Trinajstić information content (AvgIpc) is 2.73. The van der Waals surface area contributed by atoms with Gasteiger partial charge in [-0.2, -0.15) is 0 Å². The molecule has 10 heteroatoms. The van der Waals surface area contributed by atoms with Crippen LogP contribution in [0.3, 0.4) is 0 Å². The quantitative estimate of drug-likeness (QED) is 0.328. The number of alkyl carbamates (subject to hydrolysis) is 1. The van der Waals surface area contributed by atoms with Gasteiger partial charge in [0.1, 0.15) is 23.4 Å². The first kappa shape index (κ1) is 31.7. The van der Waals surface area contributed by atoms with E-state index < -0.39 is 53.5 Å². The van der Waals surface area contributed by atoms with Crippen LogP contribution in [0.25, 0.3) is 0 Å². The van der Waals surface area contributed by atoms with E-state index in [1.807, 2.05) is 0 Å². The number of nitrogens with one attached hydrogen (secondary N) is 2. The van der Waals surface area contributed by atoms with Gasteiger partial charge in [-0.25, -0.2) is 4.79 Å². The first-order valence-electron chi connectivity index (χ1n) is 12.7. The van der Waals surface area contributed by atoms with Crippen LogP contribution < -0.4 is 16.4 Å². The van der Waals surface area contributed by atoms with Gasteiger partial charge in [0, 0.05) is 12.1 Å². The highest BCUT2D eigenvalue weighted by atomic mass is 16.6. The third kappa shape index (κ3) is 10.3. The number of hydrogen-bond acceptors (Lipinski definition) is 6. The molecule has 0 radical (unpaired) electrons. The summed E-state index contributed by atoms with van der Waals surface area (Å²) in [6.45, 7) is 14.5. The molecule has 4 amide bonds. The van der Waals surface area contributed by atoms with Crippen molar-refractivity contribution in [3.63, 3.8) is 0 Å². The molecule has 2 unspecified atom stereocenters. The maximum absolute atomic E-state index is 14.0. The van der Waals surface area contributed by atoms with Crippen LogP contribution >= 0.6 is 0 Å². The van der Waals surface area contributed by atoms with Crippen molar-refractivity contribution in [2.75, 3.05) is 6.54 Å². The Kier molecular flexibility index (Phi) is 11.4. The fourth-order valence-electron chi connectivity index (χ4n) is 3.81. The molecule has 0 aromatic heterocycles. The highest BCUT2D eigenvalue weighted by Crippen LogP contribution is 2.32. The summed E-state index contributed by atoms with van der Waals surface area (Å²) in [6.07, 6.45) is 1.32. The first-order valence-corrected chi connectivity index (χ1v) is 12.7. The predicted molar refractivity (Wildman–Crippen MR) is 142 cm³/mol. The number of nitrogens with zero attached hydrogens (tertiary/aromatic N) is 1. The zero-order valence-corrected chi connectivity index (χ0v) is 23.4. The van der Waals surface area contributed by atoms with Crippen molar-refractivity contribution in [1.82, 2.24) is 15.5 Å². The maximum atomic E-state index is 14.0. The van der Waals surface area contributed by atoms with Crippen LogP contribution in [0, 0.1) is 6.92 Å². The lowest BCUT2D eigenvalue weighted by atomic mass is 9.94. The second-order valence-electron chi connectivity index (χ2n) is 11.2. The van der Waals surface area contributed by atoms with E-state index in [0.717, 1.165) is 19.3 Å². The van der Waals surface area contributed by atoms with Gasteiger partial charge in [-0.15, -0.1) is 0 Å². The number of nitrogens with two attached hydrogens (primary N) is 1. The SMILES string of the molecule is CCCCCNC(=O)C(c1ccc(O)c(C)c1)N(C(=O)C(CC(N)=O)NC(=O)OC(C)(C)C)C(C)(C)C. The van der Waals surface area contributed by atoms with E-state index in [1.54, 1.807) is 60.6 Å². The topological polar surface area (TPSA) is 151 Å². The minimum Gasteiger partial charge on any atom is -0.508 e. The number of carbonyl (C=O) groups excluding carboxylic acids is 4. The van der Waals surface area contributed by atoms with Gasteiger partial charge in [-0.3, -0.25) is 14.4 Å². The molecule has 5 N–H and O–H groups in total. The molecule has 0 spiro atoms. The normalized spacial score (nSPS) is 13.3. The van der Waals surface area contributed by atoms with Crippen molar-refractivity contribution in [3.8, 4) is 5.75 Å². The monoisotopic (exact) mass is 520 g/mol. The smallest absolute Gasteiger partial charge is 0.408 e. The van der Waals surface area contributed by atoms with E-state index >= 15 is 0 Å². The van der Waals surface area contributed by atoms with Gasteiger partial charge in [0.15, 0.2) is 0 Å². The largest absolute Gasteiger partial charge is 0.508 e. The molecule has 0 fully saturated rings. The van der Waals surface area contributed by atoms with Gasteiger partial charge in [-0.05, 0) is 78.1 Å². The maximum Gasteiger partial charge on any atom is 0.408 e. The summed E-state index contributed by atoms with van der Waals surface area (Å²) in [5.41, 5.74) is 4.67. The summed E-state index contributed by atoms with van der Waals surface area (Å²) in [4.78, 5) is 53.3. The van der Waals surface area contributed by atoms with E-state index in [4.69, 9.17) is 10.5 Å². The second kappa shape index (κ2) is 13.3. The van der Waals surface area contributed by atoms with Crippen LogP contribution in [0.1, 0.15) is 91.3 Å². The van der Waals surface area contributed by atoms with Crippen molar-refractivity contribution in [2.24, 2.45) is 5.73 Å². The highest BCUT2D eigenvalue weighted by molar-refractivity contribution is 5.95. The Hall–Kier alpha value is -3.30. The van der Waals surface area contributed by atoms with Gasteiger partial charge in [-0.1, -0.05) is 25.8 Å². The lowest BCUT2D eigenvalue weighted by Crippen LogP contribution is -2.59. The minimum atomic E-state index is -1.36. The number of carbonyl (C=O) groups is 4. The fraction of sp³-hybridized carbons (Fsp3) is 0.630. The van der Waals surface area contributed by atoms with Crippen LogP contribution in [0.5, 0.6) is 5.75 Å². The molecule has 0 saturated carbocycles. The Labute approximate surface area is 220 Å². The van der Waals surface area contributed by atoms with Gasteiger partial charge in [0.05, 0.1) is 6.42 Å². The van der Waals surface area contributed by atoms with Crippen molar-refractivity contribution in [1.29, 1.82) is 0 Å². The average molecular weight is 521 g/mol. The number of rotatable bonds is 11. The molecular formula is C27H44N4O6. The number of phenolic OH excluding ortho intramolecular Hbond substituents is 1. The third-order valence-corrected chi connectivity index (χ3v) is 5.48. The summed E-state index contributed by atoms with van der Waals surface area (Å²) in [6, 6.07) is 2.22. The molecule has 0 bridgehead atoms. The van der Waals surface area contributed by atoms with Gasteiger partial charge in [0.2, 0.25) is 17.7 Å². The molecule has 0 aliphatic rings. The Morgan fingerprint density at radius 3 is 2.19 bits per heavy atom. The molecule has 1 rings (SSSR count). The Morgan fingerprint density at radius 2 is 1.70 bits per heavy atom. The van der Waals surface area contributed by atoms with Crippen molar-refractivity contribution in [2.45, 2.75) is 104 Å². The van der Waals surface area contributed by atoms with Crippen LogP contribution in [0.4, 0.5) is 4.79 Å². The Balaban J connectivity index is 3.55. The van der Waals surface area contributed by atoms with Gasteiger partial charge < -0.3 is 31.1 Å². The summed E-state index contributed by atoms with van der Waals surface area (Å²) in [5, 5.41) is 15.4. The Morgan fingerprint density at radius 1 is 1.08 bits per heavy atom. The third-order valence-electron chi connectivity index (χ3n) is 5.48. The molecule has 0 aliphatic heterocycles. The van der Waals surface area contributed by atoms with E-state index in [0.29, 0.717) is 17.7 Å². The van der Waals surface area contributed by atoms with E-state index in [-0.39, 0.29) is 5.75 Å². The van der Waals surface area contributed by atoms with Crippen LogP contribution in [-0.4, -0.2) is 57.5 Å². The minimum absolute atomic E-state index is 0.0534. The number of aryl methyl sites for hydroxylation is 1. The molecule has 0 aliphatic carbocycles. The number of hydrogen-bond donors (Lipinski definition) is 4. The summed E-state index contributed by atoms with van der Waals surface area (Å²) < 4.78 is 5.28. The molecule has 10 nitrogen and oxygen atoms in total. The van der Waals surface area contributed by atoms with Crippen molar-refractivity contribution < 1.29 is 29.0 Å². The van der Waals surface area contributed by atoms with Crippen molar-refractivity contribution in [3.05, 3.63) is 29.3 Å². The predicted octanol–water partition coefficient (Wildman–Crippen LogP) is 3.44. The zero-order chi connectivity index (χ0) is 28.6. The number of amides is 4. The number of benzene rings is 1. The van der Waals surface area contributed by atoms with Gasteiger partial charge >= 0.3 is 6.09 Å². The Bertz CT molecular complexity index is 965. The standard InChI is InChI=1S/C27H44N4O6/c1-9-10-11-14-29-23(34)22(18-12-13-20(32)17(2)15-18)31(26(3,4)5)24(35)19(16-21(28)33)30-25(36)37-27(6,7)8/h12-13,15,19,22,32H,9-11,14,16H2,1-8H3,(H2,28,33)(H,29,34)(H,30,36). The molecule has 0 heterocycles. The number of unbranched alkanes of at least 4 members (excludes halogenated alkanes) is 2. The molecule has 2 atom stereocenters. The molecule has 208 valence electrons. The highest BCUT2D eigenvalue weighted by Gasteiger charge is 2.42. The lowest BCUT2D eigenvalue weighted by Gasteiger charge is -2.43. The second-order valence-corrected chi connectivity index (χ2v) is 11.2. The van der Waals surface area contributed by atoms with E-state index in [2.05, 4.69) is 17.6 Å². The summed E-state index contributed by atoms with van der Waals surface area (Å²) in [7, 11) is 0. The summed E-state index contributed by atoms with van der Waals surface area (Å²) >= 11 is 0. The number of primary amides is 1. The fourth-order valence-corrected chi connectivity index (χ4v) is 3.81.